The Morgan fingerprint density at radius 3 is 2.58 bits per heavy atom. The minimum Gasteiger partial charge on any atom is -0.465 e. The molecule has 0 aliphatic heterocycles. The van der Waals surface area contributed by atoms with E-state index in [0.29, 0.717) is 31.9 Å². The molecule has 1 aromatic carbocycles. The third kappa shape index (κ3) is 4.89. The van der Waals surface area contributed by atoms with Gasteiger partial charge >= 0.3 is 5.97 Å². The van der Waals surface area contributed by atoms with Crippen molar-refractivity contribution in [3.63, 3.8) is 0 Å². The molecule has 1 aromatic rings. The number of methoxy groups -OCH3 is 2. The molecule has 0 amide bonds. The summed E-state index contributed by atoms with van der Waals surface area (Å²) >= 11 is 0. The number of ether oxygens (including phenoxy) is 3. The highest BCUT2D eigenvalue weighted by Crippen LogP contribution is 2.19. The van der Waals surface area contributed by atoms with Crippen LogP contribution in [0.2, 0.25) is 0 Å². The van der Waals surface area contributed by atoms with E-state index in [1.807, 2.05) is 30.1 Å². The van der Waals surface area contributed by atoms with Gasteiger partial charge in [-0.3, -0.25) is 0 Å². The molecule has 0 heterocycles. The van der Waals surface area contributed by atoms with E-state index in [2.05, 4.69) is 0 Å². The predicted octanol–water partition coefficient (Wildman–Crippen LogP) is 1.57. The Morgan fingerprint density at radius 2 is 1.89 bits per heavy atom. The summed E-state index contributed by atoms with van der Waals surface area (Å²) < 4.78 is 15.1. The molecule has 0 aromatic heterocycles. The molecule has 0 saturated carbocycles. The van der Waals surface area contributed by atoms with Gasteiger partial charge in [-0.25, -0.2) is 4.79 Å². The summed E-state index contributed by atoms with van der Waals surface area (Å²) in [4.78, 5) is 13.6. The van der Waals surface area contributed by atoms with Crippen molar-refractivity contribution >= 4 is 11.7 Å². The van der Waals surface area contributed by atoms with Crippen LogP contribution in [0.1, 0.15) is 10.4 Å². The number of rotatable bonds is 8. The second kappa shape index (κ2) is 8.50. The fraction of sp³-hybridized carbons (Fsp3) is 0.500. The minimum absolute atomic E-state index is 0.331. The number of carbonyl (C=O) groups is 1. The van der Waals surface area contributed by atoms with Crippen molar-refractivity contribution in [2.75, 3.05) is 52.5 Å². The summed E-state index contributed by atoms with van der Waals surface area (Å²) in [6.07, 6.45) is 0. The Bertz CT molecular complexity index is 395. The molecule has 5 nitrogen and oxygen atoms in total. The number of anilines is 1. The number of esters is 1. The van der Waals surface area contributed by atoms with Crippen LogP contribution in [0.4, 0.5) is 5.69 Å². The van der Waals surface area contributed by atoms with Gasteiger partial charge in [-0.15, -0.1) is 0 Å². The lowest BCUT2D eigenvalue weighted by Crippen LogP contribution is -2.25. The zero-order valence-corrected chi connectivity index (χ0v) is 11.7. The van der Waals surface area contributed by atoms with Gasteiger partial charge in [0, 0.05) is 20.7 Å². The largest absolute Gasteiger partial charge is 0.465 e. The standard InChI is InChI=1S/C14H21NO4/c1-15(8-9-19-11-10-17-2)13-7-5-4-6-12(13)14(16)18-3/h4-7H,8-11H2,1-3H3. The predicted molar refractivity (Wildman–Crippen MR) is 73.7 cm³/mol. The minimum atomic E-state index is -0.331. The van der Waals surface area contributed by atoms with Crippen LogP contribution in [0.25, 0.3) is 0 Å². The zero-order valence-electron chi connectivity index (χ0n) is 11.7. The average Bonchev–Trinajstić information content (AvgIpc) is 2.46. The van der Waals surface area contributed by atoms with Crippen LogP contribution >= 0.6 is 0 Å². The molecule has 0 aliphatic carbocycles. The van der Waals surface area contributed by atoms with Crippen molar-refractivity contribution in [3.8, 4) is 0 Å². The van der Waals surface area contributed by atoms with E-state index in [0.717, 1.165) is 5.69 Å². The summed E-state index contributed by atoms with van der Waals surface area (Å²) in [5.74, 6) is -0.331. The molecular formula is C14H21NO4. The van der Waals surface area contributed by atoms with Gasteiger partial charge in [-0.2, -0.15) is 0 Å². The van der Waals surface area contributed by atoms with E-state index >= 15 is 0 Å². The van der Waals surface area contributed by atoms with Crippen molar-refractivity contribution in [2.45, 2.75) is 0 Å². The van der Waals surface area contributed by atoms with E-state index in [1.54, 1.807) is 13.2 Å². The maximum atomic E-state index is 11.7. The van der Waals surface area contributed by atoms with Crippen LogP contribution in [0.3, 0.4) is 0 Å². The van der Waals surface area contributed by atoms with Gasteiger partial charge in [0.05, 0.1) is 38.2 Å². The Balaban J connectivity index is 2.56. The molecule has 5 heteroatoms. The molecule has 106 valence electrons. The van der Waals surface area contributed by atoms with Crippen LogP contribution < -0.4 is 4.90 Å². The molecule has 0 atom stereocenters. The van der Waals surface area contributed by atoms with Crippen molar-refractivity contribution in [2.24, 2.45) is 0 Å². The molecule has 19 heavy (non-hydrogen) atoms. The number of para-hydroxylation sites is 1. The molecule has 0 radical (unpaired) electrons. The van der Waals surface area contributed by atoms with Crippen molar-refractivity contribution < 1.29 is 19.0 Å². The molecule has 0 bridgehead atoms. The summed E-state index contributed by atoms with van der Waals surface area (Å²) in [7, 11) is 4.94. The summed E-state index contributed by atoms with van der Waals surface area (Å²) in [5.41, 5.74) is 1.40. The zero-order chi connectivity index (χ0) is 14.1. The first-order valence-electron chi connectivity index (χ1n) is 6.16. The number of hydrogen-bond acceptors (Lipinski definition) is 5. The second-order valence-electron chi connectivity index (χ2n) is 4.04. The fourth-order valence-electron chi connectivity index (χ4n) is 1.66. The number of hydrogen-bond donors (Lipinski definition) is 0. The SMILES string of the molecule is COCCOCCN(C)c1ccccc1C(=O)OC. The van der Waals surface area contributed by atoms with Gasteiger partial charge in [0.2, 0.25) is 0 Å². The first kappa shape index (κ1) is 15.5. The van der Waals surface area contributed by atoms with E-state index in [-0.39, 0.29) is 5.97 Å². The Labute approximate surface area is 114 Å². The number of carbonyl (C=O) groups excluding carboxylic acids is 1. The Morgan fingerprint density at radius 1 is 1.16 bits per heavy atom. The van der Waals surface area contributed by atoms with Crippen LogP contribution in [-0.2, 0) is 14.2 Å². The van der Waals surface area contributed by atoms with Gasteiger partial charge in [-0.05, 0) is 12.1 Å². The van der Waals surface area contributed by atoms with Crippen LogP contribution in [0, 0.1) is 0 Å². The van der Waals surface area contributed by atoms with E-state index in [4.69, 9.17) is 14.2 Å². The number of likely N-dealkylation sites (N-methyl/N-ethyl adjacent to an activating group) is 1. The molecule has 0 unspecified atom stereocenters. The summed E-state index contributed by atoms with van der Waals surface area (Å²) in [6, 6.07) is 7.35. The highest BCUT2D eigenvalue weighted by atomic mass is 16.5. The van der Waals surface area contributed by atoms with Gasteiger partial charge in [0.25, 0.3) is 0 Å². The molecule has 0 aliphatic rings. The molecule has 0 N–H and O–H groups in total. The van der Waals surface area contributed by atoms with Crippen LogP contribution in [-0.4, -0.2) is 53.6 Å². The first-order chi connectivity index (χ1) is 9.20. The third-order valence-electron chi connectivity index (χ3n) is 2.72. The van der Waals surface area contributed by atoms with Crippen molar-refractivity contribution in [1.29, 1.82) is 0 Å². The lowest BCUT2D eigenvalue weighted by Gasteiger charge is -2.21. The number of benzene rings is 1. The highest BCUT2D eigenvalue weighted by molar-refractivity contribution is 5.95. The van der Waals surface area contributed by atoms with E-state index in [1.165, 1.54) is 7.11 Å². The van der Waals surface area contributed by atoms with E-state index < -0.39 is 0 Å². The van der Waals surface area contributed by atoms with Crippen molar-refractivity contribution in [3.05, 3.63) is 29.8 Å². The molecule has 0 saturated heterocycles. The topological polar surface area (TPSA) is 48.0 Å². The maximum absolute atomic E-state index is 11.7. The smallest absolute Gasteiger partial charge is 0.339 e. The monoisotopic (exact) mass is 267 g/mol. The summed E-state index contributed by atoms with van der Waals surface area (Å²) in [6.45, 7) is 2.43. The Hall–Kier alpha value is -1.59. The molecule has 0 spiro atoms. The highest BCUT2D eigenvalue weighted by Gasteiger charge is 2.13. The third-order valence-corrected chi connectivity index (χ3v) is 2.72. The Kier molecular flexibility index (Phi) is 6.92. The maximum Gasteiger partial charge on any atom is 0.339 e. The van der Waals surface area contributed by atoms with Gasteiger partial charge in [0.1, 0.15) is 0 Å². The van der Waals surface area contributed by atoms with Crippen LogP contribution in [0.15, 0.2) is 24.3 Å². The lowest BCUT2D eigenvalue weighted by molar-refractivity contribution is 0.0601. The normalized spacial score (nSPS) is 10.3. The molecular weight excluding hydrogens is 246 g/mol. The fourth-order valence-corrected chi connectivity index (χ4v) is 1.66. The van der Waals surface area contributed by atoms with Gasteiger partial charge < -0.3 is 19.1 Å². The molecule has 1 rings (SSSR count). The van der Waals surface area contributed by atoms with E-state index in [9.17, 15) is 4.79 Å². The quantitative estimate of drug-likeness (QED) is 0.528. The van der Waals surface area contributed by atoms with Gasteiger partial charge in [0.15, 0.2) is 0 Å². The second-order valence-corrected chi connectivity index (χ2v) is 4.04. The average molecular weight is 267 g/mol. The lowest BCUT2D eigenvalue weighted by atomic mass is 10.1. The first-order valence-corrected chi connectivity index (χ1v) is 6.16. The number of nitrogens with zero attached hydrogens (tertiary/aromatic N) is 1. The van der Waals surface area contributed by atoms with Gasteiger partial charge in [-0.1, -0.05) is 12.1 Å². The van der Waals surface area contributed by atoms with Crippen molar-refractivity contribution in [1.82, 2.24) is 0 Å². The molecule has 0 fully saturated rings. The van der Waals surface area contributed by atoms with Crippen LogP contribution in [0.5, 0.6) is 0 Å². The summed E-state index contributed by atoms with van der Waals surface area (Å²) in [5, 5.41) is 0.